The maximum absolute atomic E-state index is 2.37. The summed E-state index contributed by atoms with van der Waals surface area (Å²) in [5, 5.41) is 0. The average Bonchev–Trinajstić information content (AvgIpc) is 1.27. The average molecular weight is 377 g/mol. The van der Waals surface area contributed by atoms with E-state index in [1.807, 2.05) is 0 Å². The Morgan fingerprint density at radius 3 is 1.00 bits per heavy atom. The standard InChI is InChI=1S/C5H12.2HI.V/c1-5(2,3)4;;;/h1-4H3;2*1H;/q;;;+2/p-2. The van der Waals surface area contributed by atoms with E-state index >= 15 is 0 Å². The second kappa shape index (κ2) is 7.15. The SMILES string of the molecule is CC(C)(C)C.[I][V][I]. The molecule has 0 saturated carbocycles. The summed E-state index contributed by atoms with van der Waals surface area (Å²) in [4.78, 5) is 0. The molecule has 0 aromatic rings. The summed E-state index contributed by atoms with van der Waals surface area (Å²) in [5.74, 6) is 0. The van der Waals surface area contributed by atoms with E-state index in [2.05, 4.69) is 67.7 Å². The zero-order valence-corrected chi connectivity index (χ0v) is 11.4. The van der Waals surface area contributed by atoms with Gasteiger partial charge >= 0.3 is 49.4 Å². The van der Waals surface area contributed by atoms with Crippen LogP contribution in [0.2, 0.25) is 0 Å². The summed E-state index contributed by atoms with van der Waals surface area (Å²) in [7, 11) is 0.628. The van der Waals surface area contributed by atoms with Crippen LogP contribution in [0.3, 0.4) is 0 Å². The second-order valence-corrected chi connectivity index (χ2v) is 14.9. The van der Waals surface area contributed by atoms with Crippen molar-refractivity contribution < 1.29 is 9.47 Å². The Morgan fingerprint density at radius 2 is 1.00 bits per heavy atom. The molecule has 0 rings (SSSR count). The molecular formula is C5H12I2V. The minimum absolute atomic E-state index is 0.500. The van der Waals surface area contributed by atoms with Gasteiger partial charge in [0.2, 0.25) is 0 Å². The monoisotopic (exact) mass is 377 g/mol. The molecule has 0 atom stereocenters. The first-order valence-electron chi connectivity index (χ1n) is 2.34. The van der Waals surface area contributed by atoms with Crippen LogP contribution in [0.4, 0.5) is 0 Å². The van der Waals surface area contributed by atoms with E-state index < -0.39 is 0 Å². The van der Waals surface area contributed by atoms with Crippen molar-refractivity contribution in [1.82, 2.24) is 0 Å². The first-order valence-corrected chi connectivity index (χ1v) is 11.4. The Kier molecular flexibility index (Phi) is 11.4. The maximum atomic E-state index is 2.37. The summed E-state index contributed by atoms with van der Waals surface area (Å²) in [6, 6.07) is 0. The molecule has 0 radical (unpaired) electrons. The molecule has 0 fully saturated rings. The van der Waals surface area contributed by atoms with E-state index in [9.17, 15) is 0 Å². The van der Waals surface area contributed by atoms with Crippen LogP contribution in [-0.2, 0) is 9.47 Å². The van der Waals surface area contributed by atoms with Crippen molar-refractivity contribution in [3.8, 4) is 0 Å². The molecule has 0 spiro atoms. The van der Waals surface area contributed by atoms with Crippen molar-refractivity contribution in [2.24, 2.45) is 5.41 Å². The number of rotatable bonds is 0. The van der Waals surface area contributed by atoms with Gasteiger partial charge in [0.25, 0.3) is 0 Å². The van der Waals surface area contributed by atoms with Crippen LogP contribution >= 0.6 is 40.0 Å². The Morgan fingerprint density at radius 1 is 1.00 bits per heavy atom. The van der Waals surface area contributed by atoms with Crippen molar-refractivity contribution in [2.75, 3.05) is 0 Å². The van der Waals surface area contributed by atoms with Crippen LogP contribution in [0.15, 0.2) is 0 Å². The van der Waals surface area contributed by atoms with Gasteiger partial charge in [-0.1, -0.05) is 27.7 Å². The molecule has 0 aliphatic heterocycles. The third kappa shape index (κ3) is 95.5. The molecule has 0 aliphatic rings. The van der Waals surface area contributed by atoms with Gasteiger partial charge in [0.15, 0.2) is 0 Å². The van der Waals surface area contributed by atoms with Crippen molar-refractivity contribution in [1.29, 1.82) is 0 Å². The molecule has 0 unspecified atom stereocenters. The summed E-state index contributed by atoms with van der Waals surface area (Å²) in [6.07, 6.45) is 0. The molecule has 0 N–H and O–H groups in total. The molecule has 8 heavy (non-hydrogen) atoms. The van der Waals surface area contributed by atoms with Crippen LogP contribution in [0, 0.1) is 5.41 Å². The Labute approximate surface area is 81.4 Å². The van der Waals surface area contributed by atoms with E-state index in [1.165, 1.54) is 0 Å². The fourth-order valence-corrected chi connectivity index (χ4v) is 0. The normalized spacial score (nSPS) is 9.25. The van der Waals surface area contributed by atoms with E-state index in [1.54, 1.807) is 0 Å². The zero-order chi connectivity index (χ0) is 7.21. The molecular weight excluding hydrogens is 365 g/mol. The predicted octanol–water partition coefficient (Wildman–Crippen LogP) is 3.82. The van der Waals surface area contributed by atoms with Crippen molar-refractivity contribution >= 4 is 40.0 Å². The van der Waals surface area contributed by atoms with Gasteiger partial charge in [-0.05, 0) is 5.41 Å². The van der Waals surface area contributed by atoms with Gasteiger partial charge in [-0.15, -0.1) is 0 Å². The molecule has 0 aromatic heterocycles. The molecule has 0 heterocycles. The Hall–Kier alpha value is 2.04. The minimum atomic E-state index is 0.500. The summed E-state index contributed by atoms with van der Waals surface area (Å²) < 4.78 is 0. The van der Waals surface area contributed by atoms with Gasteiger partial charge in [0, 0.05) is 0 Å². The van der Waals surface area contributed by atoms with Crippen molar-refractivity contribution in [3.05, 3.63) is 0 Å². The van der Waals surface area contributed by atoms with Gasteiger partial charge in [-0.25, -0.2) is 0 Å². The van der Waals surface area contributed by atoms with Crippen LogP contribution in [-0.4, -0.2) is 0 Å². The van der Waals surface area contributed by atoms with E-state index in [0.29, 0.717) is 14.9 Å². The van der Waals surface area contributed by atoms with E-state index in [4.69, 9.17) is 0 Å². The van der Waals surface area contributed by atoms with Crippen molar-refractivity contribution in [3.63, 3.8) is 0 Å². The number of hydrogen-bond donors (Lipinski definition) is 0. The fraction of sp³-hybridized carbons (Fsp3) is 1.00. The fourth-order valence-electron chi connectivity index (χ4n) is 0. The zero-order valence-electron chi connectivity index (χ0n) is 5.70. The molecule has 0 nitrogen and oxygen atoms in total. The molecule has 3 heteroatoms. The van der Waals surface area contributed by atoms with E-state index in [-0.39, 0.29) is 0 Å². The number of hydrogen-bond acceptors (Lipinski definition) is 0. The van der Waals surface area contributed by atoms with Gasteiger partial charge < -0.3 is 0 Å². The summed E-state index contributed by atoms with van der Waals surface area (Å²) in [5.41, 5.74) is 0.500. The predicted molar refractivity (Wildman–Crippen MR) is 53.2 cm³/mol. The van der Waals surface area contributed by atoms with Crippen LogP contribution in [0.1, 0.15) is 27.7 Å². The van der Waals surface area contributed by atoms with Crippen molar-refractivity contribution in [2.45, 2.75) is 27.7 Å². The topological polar surface area (TPSA) is 0 Å². The summed E-state index contributed by atoms with van der Waals surface area (Å²) in [6.45, 7) is 8.75. The van der Waals surface area contributed by atoms with Crippen LogP contribution in [0.25, 0.3) is 0 Å². The van der Waals surface area contributed by atoms with E-state index in [0.717, 1.165) is 0 Å². The third-order valence-electron chi connectivity index (χ3n) is 0. The van der Waals surface area contributed by atoms with Gasteiger partial charge in [-0.2, -0.15) is 0 Å². The molecule has 0 bridgehead atoms. The van der Waals surface area contributed by atoms with Crippen LogP contribution in [0.5, 0.6) is 0 Å². The first-order chi connectivity index (χ1) is 3.41. The molecule has 0 saturated heterocycles. The molecule has 0 aromatic carbocycles. The summed E-state index contributed by atoms with van der Waals surface area (Å²) >= 11 is 4.74. The third-order valence-corrected chi connectivity index (χ3v) is 0. The Balaban J connectivity index is 0. The molecule has 0 amide bonds. The Bertz CT molecular complexity index is 34.2. The quantitative estimate of drug-likeness (QED) is 0.564. The first kappa shape index (κ1) is 12.7. The van der Waals surface area contributed by atoms with Gasteiger partial charge in [0.05, 0.1) is 0 Å². The van der Waals surface area contributed by atoms with Gasteiger partial charge in [-0.3, -0.25) is 0 Å². The van der Waals surface area contributed by atoms with Crippen LogP contribution < -0.4 is 0 Å². The number of halogens is 2. The second-order valence-electron chi connectivity index (χ2n) is 3.06. The molecule has 0 aliphatic carbocycles. The molecule has 51 valence electrons. The van der Waals surface area contributed by atoms with Gasteiger partial charge in [0.1, 0.15) is 0 Å².